The average molecular weight is 461 g/mol. The van der Waals surface area contributed by atoms with Gasteiger partial charge in [-0.05, 0) is 68.0 Å². The fourth-order valence-corrected chi connectivity index (χ4v) is 6.53. The van der Waals surface area contributed by atoms with Crippen molar-refractivity contribution in [3.05, 3.63) is 161 Å². The molecule has 5 aromatic rings. The highest BCUT2D eigenvalue weighted by Gasteiger charge is 2.46. The molecule has 0 fully saturated rings. The molecule has 0 heterocycles. The molecular formula is C36H28. The lowest BCUT2D eigenvalue weighted by Gasteiger charge is -2.34. The molecule has 0 heteroatoms. The Labute approximate surface area is 213 Å². The lowest BCUT2D eigenvalue weighted by Crippen LogP contribution is -2.28. The molecule has 2 aliphatic carbocycles. The van der Waals surface area contributed by atoms with Gasteiger partial charge < -0.3 is 0 Å². The highest BCUT2D eigenvalue weighted by molar-refractivity contribution is 5.95. The molecule has 0 aromatic heterocycles. The minimum absolute atomic E-state index is 0.351. The lowest BCUT2D eigenvalue weighted by atomic mass is 9.67. The van der Waals surface area contributed by atoms with Crippen molar-refractivity contribution in [3.63, 3.8) is 0 Å². The summed E-state index contributed by atoms with van der Waals surface area (Å²) >= 11 is 0. The summed E-state index contributed by atoms with van der Waals surface area (Å²) in [6.45, 7) is 2.30. The molecule has 0 bridgehead atoms. The molecule has 1 atom stereocenters. The van der Waals surface area contributed by atoms with Crippen molar-refractivity contribution < 1.29 is 0 Å². The van der Waals surface area contributed by atoms with E-state index < -0.39 is 0 Å². The summed E-state index contributed by atoms with van der Waals surface area (Å²) in [6.07, 6.45) is 5.71. The fourth-order valence-electron chi connectivity index (χ4n) is 6.53. The predicted octanol–water partition coefficient (Wildman–Crippen LogP) is 8.92. The Morgan fingerprint density at radius 1 is 0.611 bits per heavy atom. The Balaban J connectivity index is 1.56. The van der Waals surface area contributed by atoms with Crippen molar-refractivity contribution in [2.75, 3.05) is 0 Å². The van der Waals surface area contributed by atoms with Crippen LogP contribution in [0.25, 0.3) is 28.3 Å². The van der Waals surface area contributed by atoms with Gasteiger partial charge in [-0.15, -0.1) is 0 Å². The number of allylic oxidation sites excluding steroid dienone is 1. The predicted molar refractivity (Wildman–Crippen MR) is 151 cm³/mol. The highest BCUT2D eigenvalue weighted by atomic mass is 14.5. The molecule has 0 nitrogen and oxygen atoms in total. The van der Waals surface area contributed by atoms with Gasteiger partial charge >= 0.3 is 0 Å². The zero-order valence-electron chi connectivity index (χ0n) is 20.5. The molecule has 172 valence electrons. The van der Waals surface area contributed by atoms with Crippen molar-refractivity contribution >= 4 is 6.08 Å². The summed E-state index contributed by atoms with van der Waals surface area (Å²) < 4.78 is 0. The van der Waals surface area contributed by atoms with Crippen LogP contribution in [0.5, 0.6) is 0 Å². The molecule has 0 amide bonds. The molecule has 0 spiro atoms. The van der Waals surface area contributed by atoms with E-state index >= 15 is 0 Å². The summed E-state index contributed by atoms with van der Waals surface area (Å²) in [5, 5.41) is 0. The summed E-state index contributed by atoms with van der Waals surface area (Å²) in [7, 11) is 0. The van der Waals surface area contributed by atoms with Crippen LogP contribution in [0.3, 0.4) is 0 Å². The van der Waals surface area contributed by atoms with Gasteiger partial charge in [0.05, 0.1) is 5.41 Å². The number of hydrogen-bond acceptors (Lipinski definition) is 0. The third kappa shape index (κ3) is 3.01. The molecule has 7 rings (SSSR count). The van der Waals surface area contributed by atoms with E-state index in [0.29, 0.717) is 5.92 Å². The van der Waals surface area contributed by atoms with Crippen LogP contribution in [0.4, 0.5) is 0 Å². The van der Waals surface area contributed by atoms with Gasteiger partial charge in [-0.2, -0.15) is 0 Å². The highest BCUT2D eigenvalue weighted by Crippen LogP contribution is 2.58. The Kier molecular flexibility index (Phi) is 4.82. The molecule has 0 radical (unpaired) electrons. The van der Waals surface area contributed by atoms with Crippen molar-refractivity contribution in [1.29, 1.82) is 0 Å². The standard InChI is InChI=1S/C36H28/c1-25-19-20-26-21-22-27(24-28(26)23-25)31-16-10-18-34-35(31)32-15-8-9-17-33(32)36(34,29-11-4-2-5-12-29)30-13-6-3-7-14-30/h2-22,24-25H,23H2,1H3. The molecule has 1 unspecified atom stereocenters. The van der Waals surface area contributed by atoms with E-state index in [2.05, 4.69) is 140 Å². The monoisotopic (exact) mass is 460 g/mol. The van der Waals surface area contributed by atoms with Crippen LogP contribution in [0, 0.1) is 5.92 Å². The molecule has 2 aliphatic rings. The zero-order chi connectivity index (χ0) is 24.1. The second-order valence-corrected chi connectivity index (χ2v) is 10.2. The van der Waals surface area contributed by atoms with E-state index in [1.807, 2.05) is 0 Å². The molecule has 0 aliphatic heterocycles. The number of rotatable bonds is 3. The topological polar surface area (TPSA) is 0 Å². The first-order valence-corrected chi connectivity index (χ1v) is 12.9. The van der Waals surface area contributed by atoms with Crippen LogP contribution < -0.4 is 0 Å². The first-order valence-electron chi connectivity index (χ1n) is 12.9. The summed E-state index contributed by atoms with van der Waals surface area (Å²) in [5.74, 6) is 0.582. The van der Waals surface area contributed by atoms with Crippen LogP contribution in [0.15, 0.2) is 127 Å². The second-order valence-electron chi connectivity index (χ2n) is 10.2. The first-order chi connectivity index (χ1) is 17.8. The Morgan fingerprint density at radius 3 is 2.00 bits per heavy atom. The van der Waals surface area contributed by atoms with Crippen LogP contribution in [-0.2, 0) is 11.8 Å². The van der Waals surface area contributed by atoms with Gasteiger partial charge in [-0.1, -0.05) is 140 Å². The van der Waals surface area contributed by atoms with Crippen molar-refractivity contribution in [2.24, 2.45) is 5.92 Å². The van der Waals surface area contributed by atoms with Crippen LogP contribution >= 0.6 is 0 Å². The minimum atomic E-state index is -0.351. The molecule has 0 saturated carbocycles. The van der Waals surface area contributed by atoms with Gasteiger partial charge in [0.15, 0.2) is 0 Å². The van der Waals surface area contributed by atoms with Gasteiger partial charge in [0.2, 0.25) is 0 Å². The van der Waals surface area contributed by atoms with Crippen molar-refractivity contribution in [1.82, 2.24) is 0 Å². The first kappa shape index (κ1) is 21.1. The molecule has 36 heavy (non-hydrogen) atoms. The van der Waals surface area contributed by atoms with Crippen LogP contribution in [-0.4, -0.2) is 0 Å². The van der Waals surface area contributed by atoms with Gasteiger partial charge in [-0.25, -0.2) is 0 Å². The fraction of sp³-hybridized carbons (Fsp3) is 0.111. The Hall–Kier alpha value is -4.16. The largest absolute Gasteiger partial charge is 0.0808 e. The quantitative estimate of drug-likeness (QED) is 0.247. The summed E-state index contributed by atoms with van der Waals surface area (Å²) in [6, 6.07) is 45.0. The van der Waals surface area contributed by atoms with E-state index in [9.17, 15) is 0 Å². The van der Waals surface area contributed by atoms with Crippen LogP contribution in [0.2, 0.25) is 0 Å². The Morgan fingerprint density at radius 2 is 1.25 bits per heavy atom. The Bertz CT molecular complexity index is 1570. The van der Waals surface area contributed by atoms with E-state index in [-0.39, 0.29) is 5.41 Å². The maximum Gasteiger partial charge on any atom is 0.0713 e. The van der Waals surface area contributed by atoms with E-state index in [4.69, 9.17) is 0 Å². The van der Waals surface area contributed by atoms with Gasteiger partial charge in [0.25, 0.3) is 0 Å². The molecule has 5 aromatic carbocycles. The SMILES string of the molecule is CC1C=Cc2ccc(-c3cccc4c3-c3ccccc3C4(c3ccccc3)c3ccccc3)cc2C1. The van der Waals surface area contributed by atoms with Gasteiger partial charge in [0, 0.05) is 0 Å². The average Bonchev–Trinajstić information content (AvgIpc) is 3.25. The maximum absolute atomic E-state index is 2.43. The van der Waals surface area contributed by atoms with Crippen molar-refractivity contribution in [2.45, 2.75) is 18.8 Å². The number of fused-ring (bicyclic) bond motifs is 4. The smallest absolute Gasteiger partial charge is 0.0713 e. The van der Waals surface area contributed by atoms with E-state index in [1.54, 1.807) is 0 Å². The van der Waals surface area contributed by atoms with E-state index in [1.165, 1.54) is 55.6 Å². The molecule has 0 saturated heterocycles. The second kappa shape index (κ2) is 8.21. The third-order valence-electron chi connectivity index (χ3n) is 8.08. The molecular weight excluding hydrogens is 432 g/mol. The number of benzene rings is 5. The molecule has 0 N–H and O–H groups in total. The van der Waals surface area contributed by atoms with Crippen LogP contribution in [0.1, 0.15) is 40.3 Å². The van der Waals surface area contributed by atoms with Gasteiger partial charge in [0.1, 0.15) is 0 Å². The van der Waals surface area contributed by atoms with Gasteiger partial charge in [-0.3, -0.25) is 0 Å². The maximum atomic E-state index is 2.43. The normalized spacial score (nSPS) is 16.8. The van der Waals surface area contributed by atoms with Crippen molar-refractivity contribution in [3.8, 4) is 22.3 Å². The summed E-state index contributed by atoms with van der Waals surface area (Å²) in [5.41, 5.74) is 13.1. The third-order valence-corrected chi connectivity index (χ3v) is 8.08. The lowest BCUT2D eigenvalue weighted by molar-refractivity contribution is 0.717. The number of hydrogen-bond donors (Lipinski definition) is 0. The minimum Gasteiger partial charge on any atom is -0.0808 e. The summed E-state index contributed by atoms with van der Waals surface area (Å²) in [4.78, 5) is 0. The zero-order valence-corrected chi connectivity index (χ0v) is 20.5. The van der Waals surface area contributed by atoms with E-state index in [0.717, 1.165) is 6.42 Å².